The van der Waals surface area contributed by atoms with E-state index >= 15 is 0 Å². The largest absolute Gasteiger partial charge is 0.506 e. The van der Waals surface area contributed by atoms with Crippen molar-refractivity contribution in [1.82, 2.24) is 5.32 Å². The highest BCUT2D eigenvalue weighted by molar-refractivity contribution is 5.57. The number of phenols is 1. The Morgan fingerprint density at radius 1 is 1.31 bits per heavy atom. The van der Waals surface area contributed by atoms with Crippen LogP contribution in [0.3, 0.4) is 0 Å². The Morgan fingerprint density at radius 2 is 2.00 bits per heavy atom. The number of benzene rings is 1. The maximum atomic E-state index is 9.73. The number of nitrogens with one attached hydrogen (secondary N) is 2. The number of piperidine rings is 1. The summed E-state index contributed by atoms with van der Waals surface area (Å²) in [7, 11) is 0. The maximum Gasteiger partial charge on any atom is 0.138 e. The van der Waals surface area contributed by atoms with Gasteiger partial charge in [-0.3, -0.25) is 0 Å². The van der Waals surface area contributed by atoms with Crippen molar-refractivity contribution in [3.63, 3.8) is 0 Å². The van der Waals surface area contributed by atoms with Gasteiger partial charge in [0.05, 0.1) is 11.2 Å². The van der Waals surface area contributed by atoms with Crippen LogP contribution in [-0.4, -0.2) is 30.3 Å². The number of anilines is 1. The number of aromatic hydroxyl groups is 1. The maximum absolute atomic E-state index is 9.73. The predicted molar refractivity (Wildman–Crippen MR) is 65.6 cm³/mol. The van der Waals surface area contributed by atoms with Gasteiger partial charge in [-0.25, -0.2) is 0 Å². The summed E-state index contributed by atoms with van der Waals surface area (Å²) in [4.78, 5) is 0. The van der Waals surface area contributed by atoms with Crippen LogP contribution in [0.15, 0.2) is 24.3 Å². The third-order valence-electron chi connectivity index (χ3n) is 3.26. The van der Waals surface area contributed by atoms with Crippen molar-refractivity contribution >= 4 is 5.69 Å². The molecule has 1 aliphatic rings. The minimum Gasteiger partial charge on any atom is -0.506 e. The lowest BCUT2D eigenvalue weighted by atomic mass is 9.88. The molecule has 0 bridgehead atoms. The lowest BCUT2D eigenvalue weighted by Gasteiger charge is -2.38. The summed E-state index contributed by atoms with van der Waals surface area (Å²) in [5.74, 6) is 0.286. The first-order valence-electron chi connectivity index (χ1n) is 5.73. The van der Waals surface area contributed by atoms with Gasteiger partial charge in [0.2, 0.25) is 0 Å². The summed E-state index contributed by atoms with van der Waals surface area (Å²) in [6.45, 7) is 2.53. The van der Waals surface area contributed by atoms with Crippen LogP contribution in [0.5, 0.6) is 5.75 Å². The van der Waals surface area contributed by atoms with Gasteiger partial charge in [-0.15, -0.1) is 0 Å². The molecule has 0 atom stereocenters. The number of phenolic OH excluding ortho intramolecular Hbond substituents is 1. The van der Waals surface area contributed by atoms with Crippen LogP contribution in [0, 0.1) is 0 Å². The third kappa shape index (κ3) is 2.28. The van der Waals surface area contributed by atoms with Crippen molar-refractivity contribution in [2.75, 3.05) is 25.0 Å². The van der Waals surface area contributed by atoms with Gasteiger partial charge < -0.3 is 21.5 Å². The van der Waals surface area contributed by atoms with Gasteiger partial charge in [-0.1, -0.05) is 12.1 Å². The van der Waals surface area contributed by atoms with Crippen LogP contribution < -0.4 is 16.4 Å². The minimum absolute atomic E-state index is 0.0793. The Kier molecular flexibility index (Phi) is 3.31. The molecule has 1 fully saturated rings. The fraction of sp³-hybridized carbons (Fsp3) is 0.500. The van der Waals surface area contributed by atoms with E-state index in [1.165, 1.54) is 0 Å². The molecule has 1 aromatic carbocycles. The van der Waals surface area contributed by atoms with Crippen molar-refractivity contribution < 1.29 is 5.11 Å². The average Bonchev–Trinajstić information content (AvgIpc) is 2.33. The van der Waals surface area contributed by atoms with Gasteiger partial charge in [-0.05, 0) is 38.1 Å². The topological polar surface area (TPSA) is 70.3 Å². The molecule has 1 saturated heterocycles. The molecule has 0 aliphatic carbocycles. The van der Waals surface area contributed by atoms with E-state index in [1.54, 1.807) is 6.07 Å². The van der Waals surface area contributed by atoms with E-state index in [0.29, 0.717) is 6.54 Å². The SMILES string of the molecule is NCC1(Nc2ccccc2O)CCNCC1. The fourth-order valence-corrected chi connectivity index (χ4v) is 2.15. The summed E-state index contributed by atoms with van der Waals surface area (Å²) >= 11 is 0. The lowest BCUT2D eigenvalue weighted by molar-refractivity contribution is 0.344. The standard InChI is InChI=1S/C12H19N3O/c13-9-12(5-7-14-8-6-12)15-10-3-1-2-4-11(10)16/h1-4,14-16H,5-9,13H2. The molecule has 1 heterocycles. The van der Waals surface area contributed by atoms with Crippen LogP contribution in [0.4, 0.5) is 5.69 Å². The van der Waals surface area contributed by atoms with Gasteiger partial charge in [0.1, 0.15) is 5.75 Å². The Bertz CT molecular complexity index is 348. The molecule has 0 amide bonds. The Morgan fingerprint density at radius 3 is 2.62 bits per heavy atom. The number of nitrogens with two attached hydrogens (primary N) is 1. The molecule has 0 spiro atoms. The van der Waals surface area contributed by atoms with Gasteiger partial charge in [0, 0.05) is 6.54 Å². The normalized spacial score (nSPS) is 19.3. The highest BCUT2D eigenvalue weighted by atomic mass is 16.3. The van der Waals surface area contributed by atoms with Crippen molar-refractivity contribution in [2.24, 2.45) is 5.73 Å². The first kappa shape index (κ1) is 11.2. The molecule has 1 aliphatic heterocycles. The summed E-state index contributed by atoms with van der Waals surface area (Å²) in [6.07, 6.45) is 1.97. The zero-order valence-electron chi connectivity index (χ0n) is 9.37. The number of rotatable bonds is 3. The summed E-state index contributed by atoms with van der Waals surface area (Å²) < 4.78 is 0. The number of para-hydroxylation sites is 2. The van der Waals surface area contributed by atoms with Gasteiger partial charge >= 0.3 is 0 Å². The van der Waals surface area contributed by atoms with Crippen LogP contribution in [0.25, 0.3) is 0 Å². The molecule has 5 N–H and O–H groups in total. The van der Waals surface area contributed by atoms with Crippen LogP contribution in [0.2, 0.25) is 0 Å². The molecule has 2 rings (SSSR count). The zero-order valence-corrected chi connectivity index (χ0v) is 9.37. The smallest absolute Gasteiger partial charge is 0.138 e. The van der Waals surface area contributed by atoms with E-state index in [1.807, 2.05) is 18.2 Å². The lowest BCUT2D eigenvalue weighted by Crippen LogP contribution is -2.52. The molecule has 1 aromatic rings. The molecule has 0 aromatic heterocycles. The molecule has 0 radical (unpaired) electrons. The predicted octanol–water partition coefficient (Wildman–Crippen LogP) is 0.885. The van der Waals surface area contributed by atoms with E-state index < -0.39 is 0 Å². The number of hydrogen-bond donors (Lipinski definition) is 4. The molecule has 88 valence electrons. The van der Waals surface area contributed by atoms with E-state index in [0.717, 1.165) is 31.6 Å². The van der Waals surface area contributed by atoms with Gasteiger partial charge in [0.25, 0.3) is 0 Å². The van der Waals surface area contributed by atoms with E-state index in [4.69, 9.17) is 5.73 Å². The van der Waals surface area contributed by atoms with Crippen LogP contribution in [0.1, 0.15) is 12.8 Å². The van der Waals surface area contributed by atoms with E-state index in [2.05, 4.69) is 10.6 Å². The first-order valence-corrected chi connectivity index (χ1v) is 5.73. The summed E-state index contributed by atoms with van der Waals surface area (Å²) in [6, 6.07) is 7.30. The zero-order chi connectivity index (χ0) is 11.4. The quantitative estimate of drug-likeness (QED) is 0.572. The second-order valence-electron chi connectivity index (χ2n) is 4.38. The second kappa shape index (κ2) is 4.72. The van der Waals surface area contributed by atoms with E-state index in [-0.39, 0.29) is 11.3 Å². The first-order chi connectivity index (χ1) is 7.76. The Hall–Kier alpha value is -1.26. The molecule has 0 unspecified atom stereocenters. The summed E-state index contributed by atoms with van der Waals surface area (Å²) in [5.41, 5.74) is 6.56. The second-order valence-corrected chi connectivity index (χ2v) is 4.38. The van der Waals surface area contributed by atoms with Gasteiger partial charge in [0.15, 0.2) is 0 Å². The third-order valence-corrected chi connectivity index (χ3v) is 3.26. The van der Waals surface area contributed by atoms with Gasteiger partial charge in [-0.2, -0.15) is 0 Å². The minimum atomic E-state index is -0.0793. The highest BCUT2D eigenvalue weighted by Crippen LogP contribution is 2.29. The molecular weight excluding hydrogens is 202 g/mol. The average molecular weight is 221 g/mol. The molecule has 0 saturated carbocycles. The van der Waals surface area contributed by atoms with Crippen LogP contribution >= 0.6 is 0 Å². The number of hydrogen-bond acceptors (Lipinski definition) is 4. The summed E-state index contributed by atoms with van der Waals surface area (Å²) in [5, 5.41) is 16.4. The van der Waals surface area contributed by atoms with Crippen molar-refractivity contribution in [3.05, 3.63) is 24.3 Å². The Balaban J connectivity index is 2.15. The van der Waals surface area contributed by atoms with Crippen molar-refractivity contribution in [3.8, 4) is 5.75 Å². The molecule has 4 heteroatoms. The monoisotopic (exact) mass is 221 g/mol. The molecule has 16 heavy (non-hydrogen) atoms. The fourth-order valence-electron chi connectivity index (χ4n) is 2.15. The van der Waals surface area contributed by atoms with E-state index in [9.17, 15) is 5.11 Å². The molecule has 4 nitrogen and oxygen atoms in total. The highest BCUT2D eigenvalue weighted by Gasteiger charge is 2.30. The van der Waals surface area contributed by atoms with Crippen molar-refractivity contribution in [1.29, 1.82) is 0 Å². The van der Waals surface area contributed by atoms with Crippen molar-refractivity contribution in [2.45, 2.75) is 18.4 Å². The molecular formula is C12H19N3O. The van der Waals surface area contributed by atoms with Crippen LogP contribution in [-0.2, 0) is 0 Å². The Labute approximate surface area is 95.8 Å².